The molecule has 212 valence electrons. The number of hydrogen-bond donors (Lipinski definition) is 4. The van der Waals surface area contributed by atoms with Crippen molar-refractivity contribution < 1.29 is 33.1 Å². The van der Waals surface area contributed by atoms with E-state index in [4.69, 9.17) is 4.55 Å². The molecule has 8 heteroatoms. The van der Waals surface area contributed by atoms with E-state index in [1.54, 1.807) is 0 Å². The maximum Gasteiger partial charge on any atom is 0.294 e. The van der Waals surface area contributed by atoms with E-state index in [1.807, 2.05) is 0 Å². The average Bonchev–Trinajstić information content (AvgIpc) is 3.22. The molecule has 38 heavy (non-hydrogen) atoms. The third-order valence-corrected chi connectivity index (χ3v) is 12.7. The highest BCUT2D eigenvalue weighted by Gasteiger charge is 2.65. The number of Topliss-reactive ketones (excluding diaryl/α,β-unsaturated/α-hetero) is 1. The van der Waals surface area contributed by atoms with Gasteiger partial charge in [-0.1, -0.05) is 32.9 Å². The summed E-state index contributed by atoms with van der Waals surface area (Å²) >= 11 is 0. The van der Waals surface area contributed by atoms with Gasteiger partial charge in [0.05, 0.1) is 23.2 Å². The van der Waals surface area contributed by atoms with Crippen LogP contribution in [0.3, 0.4) is 0 Å². The van der Waals surface area contributed by atoms with Gasteiger partial charge in [0.25, 0.3) is 10.1 Å². The molecule has 1 aromatic carbocycles. The van der Waals surface area contributed by atoms with Crippen LogP contribution in [-0.4, -0.2) is 52.4 Å². The molecule has 0 radical (unpaired) electrons. The Kier molecular flexibility index (Phi) is 7.39. The van der Waals surface area contributed by atoms with Crippen LogP contribution in [0.25, 0.3) is 0 Å². The molecule has 0 spiro atoms. The number of aliphatic hydroxyl groups is 3. The Labute approximate surface area is 226 Å². The lowest BCUT2D eigenvalue weighted by Crippen LogP contribution is -2.62. The second-order valence-corrected chi connectivity index (χ2v) is 14.9. The van der Waals surface area contributed by atoms with Gasteiger partial charge >= 0.3 is 0 Å². The minimum absolute atomic E-state index is 0.0481. The molecular formula is C30H44O7S. The number of fused-ring (bicyclic) bond motifs is 5. The molecule has 4 fully saturated rings. The second-order valence-electron chi connectivity index (χ2n) is 13.5. The van der Waals surface area contributed by atoms with E-state index in [9.17, 15) is 28.5 Å². The Bertz CT molecular complexity index is 1150. The first-order valence-electron chi connectivity index (χ1n) is 14.4. The predicted octanol–water partition coefficient (Wildman–Crippen LogP) is 4.49. The fourth-order valence-electron chi connectivity index (χ4n) is 9.65. The van der Waals surface area contributed by atoms with Crippen molar-refractivity contribution in [3.63, 3.8) is 0 Å². The Hall–Kier alpha value is -1.32. The summed E-state index contributed by atoms with van der Waals surface area (Å²) in [6.45, 7) is 6.73. The zero-order valence-electron chi connectivity index (χ0n) is 22.8. The summed E-state index contributed by atoms with van der Waals surface area (Å²) in [5.74, 6) is 1.37. The van der Waals surface area contributed by atoms with E-state index in [1.165, 1.54) is 24.3 Å². The van der Waals surface area contributed by atoms with Gasteiger partial charge in [-0.25, -0.2) is 0 Å². The molecule has 5 rings (SSSR count). The molecule has 11 atom stereocenters. The third kappa shape index (κ3) is 4.58. The van der Waals surface area contributed by atoms with Gasteiger partial charge in [0.2, 0.25) is 0 Å². The van der Waals surface area contributed by atoms with Crippen LogP contribution in [0.5, 0.6) is 0 Å². The van der Waals surface area contributed by atoms with Crippen LogP contribution in [0.2, 0.25) is 0 Å². The molecule has 0 aromatic heterocycles. The molecule has 0 heterocycles. The highest BCUT2D eigenvalue weighted by molar-refractivity contribution is 7.85. The quantitative estimate of drug-likeness (QED) is 0.304. The van der Waals surface area contributed by atoms with E-state index in [2.05, 4.69) is 20.8 Å². The van der Waals surface area contributed by atoms with Crippen LogP contribution in [-0.2, 0) is 10.1 Å². The zero-order chi connectivity index (χ0) is 27.6. The van der Waals surface area contributed by atoms with Crippen LogP contribution in [0, 0.1) is 46.3 Å². The van der Waals surface area contributed by atoms with Crippen molar-refractivity contribution in [2.75, 3.05) is 0 Å². The molecule has 0 saturated heterocycles. The summed E-state index contributed by atoms with van der Waals surface area (Å²) in [4.78, 5) is 12.6. The highest BCUT2D eigenvalue weighted by atomic mass is 32.2. The zero-order valence-corrected chi connectivity index (χ0v) is 23.6. The number of carbonyl (C=O) groups is 1. The second kappa shape index (κ2) is 9.95. The Morgan fingerprint density at radius 2 is 1.68 bits per heavy atom. The van der Waals surface area contributed by atoms with E-state index < -0.39 is 22.3 Å². The fraction of sp³-hybridized carbons (Fsp3) is 0.767. The first-order chi connectivity index (χ1) is 17.8. The molecule has 11 unspecified atom stereocenters. The van der Waals surface area contributed by atoms with Gasteiger partial charge in [-0.15, -0.1) is 0 Å². The number of benzene rings is 1. The first kappa shape index (κ1) is 28.2. The lowest BCUT2D eigenvalue weighted by molar-refractivity contribution is -0.207. The minimum Gasteiger partial charge on any atom is -0.393 e. The molecule has 4 saturated carbocycles. The predicted molar refractivity (Wildman–Crippen MR) is 143 cm³/mol. The standard InChI is InChI=1S/C30H44O7S/c1-17(4-11-25(32)18-5-7-21(8-6-18)38(35,36)37)22-9-10-23-28-24(16-27(34)30(22,23)3)29(2)13-12-20(31)14-19(29)15-26(28)33/h5-8,17,19-20,22-24,26-28,31,33-34H,4,9-16H2,1-3H3,(H,35,36,37). The maximum atomic E-state index is 12.9. The topological polar surface area (TPSA) is 132 Å². The van der Waals surface area contributed by atoms with Crippen molar-refractivity contribution >= 4 is 15.9 Å². The van der Waals surface area contributed by atoms with Crippen LogP contribution in [0.15, 0.2) is 29.2 Å². The Balaban J connectivity index is 1.29. The molecule has 1 aromatic rings. The molecule has 4 aliphatic rings. The number of rotatable bonds is 6. The van der Waals surface area contributed by atoms with Gasteiger partial charge in [-0.3, -0.25) is 9.35 Å². The van der Waals surface area contributed by atoms with E-state index in [0.717, 1.165) is 38.5 Å². The van der Waals surface area contributed by atoms with Crippen molar-refractivity contribution in [1.82, 2.24) is 0 Å². The van der Waals surface area contributed by atoms with Gasteiger partial charge in [0.15, 0.2) is 5.78 Å². The highest BCUT2D eigenvalue weighted by Crippen LogP contribution is 2.68. The van der Waals surface area contributed by atoms with Gasteiger partial charge in [-0.05, 0) is 110 Å². The number of aliphatic hydroxyl groups excluding tert-OH is 3. The summed E-state index contributed by atoms with van der Waals surface area (Å²) in [6.07, 6.45) is 5.76. The van der Waals surface area contributed by atoms with E-state index in [0.29, 0.717) is 30.7 Å². The summed E-state index contributed by atoms with van der Waals surface area (Å²) in [6, 6.07) is 5.38. The smallest absolute Gasteiger partial charge is 0.294 e. The van der Waals surface area contributed by atoms with Gasteiger partial charge in [0, 0.05) is 12.0 Å². The molecule has 4 N–H and O–H groups in total. The van der Waals surface area contributed by atoms with Crippen molar-refractivity contribution in [3.8, 4) is 0 Å². The van der Waals surface area contributed by atoms with Gasteiger partial charge in [-0.2, -0.15) is 8.42 Å². The summed E-state index contributed by atoms with van der Waals surface area (Å²) in [7, 11) is -4.30. The lowest BCUT2D eigenvalue weighted by atomic mass is 9.43. The normalized spacial score (nSPS) is 43.6. The molecule has 0 bridgehead atoms. The van der Waals surface area contributed by atoms with Crippen molar-refractivity contribution in [3.05, 3.63) is 29.8 Å². The van der Waals surface area contributed by atoms with Crippen molar-refractivity contribution in [2.24, 2.45) is 46.3 Å². The molecule has 0 aliphatic heterocycles. The van der Waals surface area contributed by atoms with Crippen molar-refractivity contribution in [2.45, 2.75) is 102 Å². The summed E-state index contributed by atoms with van der Waals surface area (Å²) < 4.78 is 31.7. The van der Waals surface area contributed by atoms with Crippen LogP contribution >= 0.6 is 0 Å². The Morgan fingerprint density at radius 1 is 1.00 bits per heavy atom. The number of hydrogen-bond acceptors (Lipinski definition) is 6. The first-order valence-corrected chi connectivity index (χ1v) is 15.9. The molecule has 0 amide bonds. The largest absolute Gasteiger partial charge is 0.393 e. The average molecular weight is 549 g/mol. The molecule has 4 aliphatic carbocycles. The number of ketones is 1. The monoisotopic (exact) mass is 548 g/mol. The third-order valence-electron chi connectivity index (χ3n) is 11.8. The minimum atomic E-state index is -4.30. The fourth-order valence-corrected chi connectivity index (χ4v) is 10.1. The summed E-state index contributed by atoms with van der Waals surface area (Å²) in [5, 5.41) is 33.4. The van der Waals surface area contributed by atoms with Crippen molar-refractivity contribution in [1.29, 1.82) is 0 Å². The summed E-state index contributed by atoms with van der Waals surface area (Å²) in [5.41, 5.74) is 0.164. The maximum absolute atomic E-state index is 12.9. The molecule has 7 nitrogen and oxygen atoms in total. The van der Waals surface area contributed by atoms with E-state index in [-0.39, 0.29) is 57.2 Å². The van der Waals surface area contributed by atoms with Gasteiger partial charge in [0.1, 0.15) is 0 Å². The van der Waals surface area contributed by atoms with Crippen LogP contribution < -0.4 is 0 Å². The Morgan fingerprint density at radius 3 is 2.34 bits per heavy atom. The van der Waals surface area contributed by atoms with Crippen LogP contribution in [0.1, 0.15) is 88.9 Å². The number of carbonyl (C=O) groups excluding carboxylic acids is 1. The lowest BCUT2D eigenvalue weighted by Gasteiger charge is -2.63. The van der Waals surface area contributed by atoms with Crippen LogP contribution in [0.4, 0.5) is 0 Å². The van der Waals surface area contributed by atoms with E-state index >= 15 is 0 Å². The molecular weight excluding hydrogens is 504 g/mol. The SMILES string of the molecule is CC(CCC(=O)c1ccc(S(=O)(=O)O)cc1)C1CCC2C3C(O)CC4CC(O)CCC4(C)C3CC(O)C12C. The van der Waals surface area contributed by atoms with Gasteiger partial charge < -0.3 is 15.3 Å².